The van der Waals surface area contributed by atoms with Gasteiger partial charge in [0.2, 0.25) is 5.91 Å². The normalized spacial score (nSPS) is 20.7. The van der Waals surface area contributed by atoms with Crippen molar-refractivity contribution in [1.29, 1.82) is 0 Å². The van der Waals surface area contributed by atoms with Gasteiger partial charge in [0.05, 0.1) is 12.1 Å². The molecule has 1 aliphatic heterocycles. The van der Waals surface area contributed by atoms with Gasteiger partial charge in [-0.3, -0.25) is 4.79 Å². The average Bonchev–Trinajstić information content (AvgIpc) is 2.87. The molecule has 2 rings (SSSR count). The van der Waals surface area contributed by atoms with Crippen LogP contribution >= 0.6 is 12.4 Å². The number of rotatable bonds is 3. The molecule has 0 spiro atoms. The standard InChI is InChI=1S/C12H18N2O2.ClH/c1-8-5-6-11(16-8)9(2)14-12(15)10-4-3-7-13-10;/h5-6,9-10,13H,3-4,7H2,1-2H3,(H,14,15);1H. The molecule has 0 saturated carbocycles. The Labute approximate surface area is 108 Å². The third-order valence-corrected chi connectivity index (χ3v) is 2.92. The van der Waals surface area contributed by atoms with Crippen molar-refractivity contribution in [3.05, 3.63) is 23.7 Å². The van der Waals surface area contributed by atoms with Crippen molar-refractivity contribution in [3.8, 4) is 0 Å². The van der Waals surface area contributed by atoms with Crippen LogP contribution in [0.5, 0.6) is 0 Å². The Hall–Kier alpha value is -1.00. The molecule has 1 amide bonds. The van der Waals surface area contributed by atoms with Crippen LogP contribution in [0.3, 0.4) is 0 Å². The van der Waals surface area contributed by atoms with Crippen LogP contribution in [0.4, 0.5) is 0 Å². The second kappa shape index (κ2) is 6.07. The summed E-state index contributed by atoms with van der Waals surface area (Å²) in [5, 5.41) is 6.13. The van der Waals surface area contributed by atoms with Crippen molar-refractivity contribution in [1.82, 2.24) is 10.6 Å². The van der Waals surface area contributed by atoms with Crippen LogP contribution in [0.15, 0.2) is 16.5 Å². The zero-order chi connectivity index (χ0) is 11.5. The molecule has 17 heavy (non-hydrogen) atoms. The molecule has 0 radical (unpaired) electrons. The lowest BCUT2D eigenvalue weighted by molar-refractivity contribution is -0.123. The number of hydrogen-bond acceptors (Lipinski definition) is 3. The fourth-order valence-corrected chi connectivity index (χ4v) is 1.98. The van der Waals surface area contributed by atoms with Crippen molar-refractivity contribution in [2.45, 2.75) is 38.8 Å². The van der Waals surface area contributed by atoms with Crippen LogP contribution in [0.25, 0.3) is 0 Å². The van der Waals surface area contributed by atoms with Crippen LogP contribution in [0.2, 0.25) is 0 Å². The van der Waals surface area contributed by atoms with E-state index >= 15 is 0 Å². The smallest absolute Gasteiger partial charge is 0.237 e. The largest absolute Gasteiger partial charge is 0.464 e. The van der Waals surface area contributed by atoms with Crippen LogP contribution in [-0.4, -0.2) is 18.5 Å². The van der Waals surface area contributed by atoms with Gasteiger partial charge in [-0.1, -0.05) is 0 Å². The highest BCUT2D eigenvalue weighted by molar-refractivity contribution is 5.85. The van der Waals surface area contributed by atoms with Gasteiger partial charge in [0.1, 0.15) is 11.5 Å². The molecule has 0 aliphatic carbocycles. The van der Waals surface area contributed by atoms with E-state index in [1.54, 1.807) is 0 Å². The quantitative estimate of drug-likeness (QED) is 0.871. The van der Waals surface area contributed by atoms with E-state index in [0.717, 1.165) is 30.9 Å². The monoisotopic (exact) mass is 258 g/mol. The second-order valence-corrected chi connectivity index (χ2v) is 4.33. The molecule has 0 aromatic carbocycles. The molecular formula is C12H19ClN2O2. The Morgan fingerprint density at radius 1 is 1.59 bits per heavy atom. The summed E-state index contributed by atoms with van der Waals surface area (Å²) in [6, 6.07) is 3.72. The lowest BCUT2D eigenvalue weighted by Gasteiger charge is -2.15. The van der Waals surface area contributed by atoms with E-state index in [9.17, 15) is 4.79 Å². The summed E-state index contributed by atoms with van der Waals surface area (Å²) in [5.74, 6) is 1.75. The minimum absolute atomic E-state index is 0. The van der Waals surface area contributed by atoms with Gasteiger partial charge in [-0.15, -0.1) is 12.4 Å². The topological polar surface area (TPSA) is 54.3 Å². The summed E-state index contributed by atoms with van der Waals surface area (Å²) in [4.78, 5) is 11.8. The number of halogens is 1. The lowest BCUT2D eigenvalue weighted by Crippen LogP contribution is -2.41. The maximum Gasteiger partial charge on any atom is 0.237 e. The fourth-order valence-electron chi connectivity index (χ4n) is 1.98. The molecule has 1 aromatic rings. The summed E-state index contributed by atoms with van der Waals surface area (Å²) in [6.07, 6.45) is 2.00. The summed E-state index contributed by atoms with van der Waals surface area (Å²) in [7, 11) is 0. The third kappa shape index (κ3) is 3.48. The van der Waals surface area contributed by atoms with Gasteiger partial charge in [-0.2, -0.15) is 0 Å². The fraction of sp³-hybridized carbons (Fsp3) is 0.583. The maximum absolute atomic E-state index is 11.8. The maximum atomic E-state index is 11.8. The molecule has 96 valence electrons. The minimum atomic E-state index is -0.0661. The summed E-state index contributed by atoms with van der Waals surface area (Å²) in [5.41, 5.74) is 0. The van der Waals surface area contributed by atoms with E-state index in [4.69, 9.17) is 4.42 Å². The number of amides is 1. The summed E-state index contributed by atoms with van der Waals surface area (Å²) >= 11 is 0. The van der Waals surface area contributed by atoms with Crippen molar-refractivity contribution < 1.29 is 9.21 Å². The van der Waals surface area contributed by atoms with Crippen LogP contribution in [0, 0.1) is 6.92 Å². The zero-order valence-electron chi connectivity index (χ0n) is 10.2. The highest BCUT2D eigenvalue weighted by Gasteiger charge is 2.23. The lowest BCUT2D eigenvalue weighted by atomic mass is 10.2. The van der Waals surface area contributed by atoms with Gasteiger partial charge >= 0.3 is 0 Å². The first-order valence-electron chi connectivity index (χ1n) is 5.77. The van der Waals surface area contributed by atoms with Crippen LogP contribution in [0.1, 0.15) is 37.3 Å². The Balaban J connectivity index is 0.00000144. The average molecular weight is 259 g/mol. The molecule has 4 nitrogen and oxygen atoms in total. The summed E-state index contributed by atoms with van der Waals surface area (Å²) in [6.45, 7) is 4.77. The Morgan fingerprint density at radius 3 is 2.88 bits per heavy atom. The number of nitrogens with one attached hydrogen (secondary N) is 2. The van der Waals surface area contributed by atoms with Gasteiger partial charge in [0.25, 0.3) is 0 Å². The van der Waals surface area contributed by atoms with E-state index in [1.807, 2.05) is 26.0 Å². The van der Waals surface area contributed by atoms with Gasteiger partial charge in [-0.25, -0.2) is 0 Å². The second-order valence-electron chi connectivity index (χ2n) is 4.33. The van der Waals surface area contributed by atoms with Gasteiger partial charge in [0, 0.05) is 0 Å². The number of carbonyl (C=O) groups is 1. The number of carbonyl (C=O) groups excluding carboxylic acids is 1. The number of furan rings is 1. The third-order valence-electron chi connectivity index (χ3n) is 2.92. The molecule has 2 N–H and O–H groups in total. The molecule has 2 unspecified atom stereocenters. The van der Waals surface area contributed by atoms with E-state index in [1.165, 1.54) is 0 Å². The van der Waals surface area contributed by atoms with Crippen molar-refractivity contribution in [2.75, 3.05) is 6.54 Å². The molecule has 5 heteroatoms. The summed E-state index contributed by atoms with van der Waals surface area (Å²) < 4.78 is 5.47. The van der Waals surface area contributed by atoms with Crippen molar-refractivity contribution >= 4 is 18.3 Å². The molecule has 1 fully saturated rings. The van der Waals surface area contributed by atoms with Gasteiger partial charge in [0.15, 0.2) is 0 Å². The highest BCUT2D eigenvalue weighted by atomic mass is 35.5. The minimum Gasteiger partial charge on any atom is -0.464 e. The first-order chi connectivity index (χ1) is 7.66. The predicted octanol–water partition coefficient (Wildman–Crippen LogP) is 1.94. The molecule has 2 heterocycles. The van der Waals surface area contributed by atoms with E-state index in [2.05, 4.69) is 10.6 Å². The SMILES string of the molecule is Cc1ccc(C(C)NC(=O)C2CCCN2)o1.Cl. The molecule has 2 atom stereocenters. The predicted molar refractivity (Wildman–Crippen MR) is 68.3 cm³/mol. The van der Waals surface area contributed by atoms with Crippen LogP contribution in [-0.2, 0) is 4.79 Å². The Bertz CT molecular complexity index is 372. The van der Waals surface area contributed by atoms with E-state index < -0.39 is 0 Å². The number of hydrogen-bond donors (Lipinski definition) is 2. The van der Waals surface area contributed by atoms with Crippen LogP contribution < -0.4 is 10.6 Å². The van der Waals surface area contributed by atoms with Gasteiger partial charge in [-0.05, 0) is 45.4 Å². The molecule has 1 aliphatic rings. The van der Waals surface area contributed by atoms with E-state index in [-0.39, 0.29) is 30.4 Å². The van der Waals surface area contributed by atoms with Crippen molar-refractivity contribution in [3.63, 3.8) is 0 Å². The molecule has 0 bridgehead atoms. The van der Waals surface area contributed by atoms with Crippen molar-refractivity contribution in [2.24, 2.45) is 0 Å². The molecular weight excluding hydrogens is 240 g/mol. The van der Waals surface area contributed by atoms with Gasteiger partial charge < -0.3 is 15.1 Å². The molecule has 1 saturated heterocycles. The number of aryl methyl sites for hydroxylation is 1. The zero-order valence-corrected chi connectivity index (χ0v) is 11.0. The molecule has 1 aromatic heterocycles. The highest BCUT2D eigenvalue weighted by Crippen LogP contribution is 2.16. The Morgan fingerprint density at radius 2 is 2.35 bits per heavy atom. The Kier molecular flexibility index (Phi) is 5.02. The van der Waals surface area contributed by atoms with E-state index in [0.29, 0.717) is 0 Å². The first-order valence-corrected chi connectivity index (χ1v) is 5.77. The first kappa shape index (κ1) is 14.1.